The molecule has 0 saturated heterocycles. The number of hydrogen-bond acceptors (Lipinski definition) is 5. The van der Waals surface area contributed by atoms with E-state index in [0.29, 0.717) is 12.5 Å². The molecule has 96 valence electrons. The van der Waals surface area contributed by atoms with Crippen molar-refractivity contribution in [3.63, 3.8) is 0 Å². The average Bonchev–Trinajstić information content (AvgIpc) is 2.72. The number of rotatable bonds is 4. The number of nitrogens with one attached hydrogen (secondary N) is 1. The second-order valence-electron chi connectivity index (χ2n) is 4.62. The predicted molar refractivity (Wildman–Crippen MR) is 75.0 cm³/mol. The molecule has 1 N–H and O–H groups in total. The molecule has 2 aromatic rings. The Morgan fingerprint density at radius 2 is 2.00 bits per heavy atom. The number of nitrogens with zero attached hydrogens (tertiary/aromatic N) is 3. The Morgan fingerprint density at radius 3 is 2.61 bits per heavy atom. The van der Waals surface area contributed by atoms with Crippen LogP contribution in [0.4, 0.5) is 5.82 Å². The van der Waals surface area contributed by atoms with Crippen LogP contribution < -0.4 is 5.32 Å². The molecule has 4 nitrogen and oxygen atoms in total. The van der Waals surface area contributed by atoms with Gasteiger partial charge in [-0.25, -0.2) is 15.0 Å². The normalized spacial score (nSPS) is 10.9. The van der Waals surface area contributed by atoms with Gasteiger partial charge in [-0.1, -0.05) is 13.8 Å². The number of anilines is 1. The maximum atomic E-state index is 4.51. The number of aryl methyl sites for hydroxylation is 2. The summed E-state index contributed by atoms with van der Waals surface area (Å²) in [6.45, 7) is 8.91. The quantitative estimate of drug-likeness (QED) is 0.918. The molecule has 0 amide bonds. The first-order chi connectivity index (χ1) is 8.54. The molecule has 0 aliphatic rings. The van der Waals surface area contributed by atoms with E-state index in [4.69, 9.17) is 0 Å². The molecule has 0 fully saturated rings. The third-order valence-corrected chi connectivity index (χ3v) is 3.33. The second kappa shape index (κ2) is 5.44. The predicted octanol–water partition coefficient (Wildman–Crippen LogP) is 3.29. The summed E-state index contributed by atoms with van der Waals surface area (Å²) in [5, 5.41) is 6.46. The Labute approximate surface area is 112 Å². The summed E-state index contributed by atoms with van der Waals surface area (Å²) in [6.07, 6.45) is 0. The standard InChI is InChI=1S/C13H18N4S/c1-8(2)13-15-9(3)5-12(17-13)14-6-11-7-18-10(4)16-11/h5,7-8H,6H2,1-4H3,(H,14,15,17). The van der Waals surface area contributed by atoms with Crippen molar-refractivity contribution in [3.8, 4) is 0 Å². The lowest BCUT2D eigenvalue weighted by Gasteiger charge is -2.09. The van der Waals surface area contributed by atoms with E-state index in [9.17, 15) is 0 Å². The molecule has 2 heterocycles. The Kier molecular flexibility index (Phi) is 3.91. The minimum atomic E-state index is 0.340. The molecule has 0 radical (unpaired) electrons. The van der Waals surface area contributed by atoms with Gasteiger partial charge in [0, 0.05) is 23.1 Å². The van der Waals surface area contributed by atoms with Crippen LogP contribution in [-0.4, -0.2) is 15.0 Å². The molecule has 0 aromatic carbocycles. The van der Waals surface area contributed by atoms with Crippen LogP contribution >= 0.6 is 11.3 Å². The first-order valence-corrected chi connectivity index (χ1v) is 6.93. The van der Waals surface area contributed by atoms with E-state index in [1.165, 1.54) is 0 Å². The van der Waals surface area contributed by atoms with E-state index < -0.39 is 0 Å². The van der Waals surface area contributed by atoms with Gasteiger partial charge >= 0.3 is 0 Å². The third kappa shape index (κ3) is 3.26. The molecule has 0 bridgehead atoms. The summed E-state index contributed by atoms with van der Waals surface area (Å²) in [5.41, 5.74) is 2.05. The lowest BCUT2D eigenvalue weighted by atomic mass is 10.2. The lowest BCUT2D eigenvalue weighted by molar-refractivity contribution is 0.766. The molecule has 0 spiro atoms. The smallest absolute Gasteiger partial charge is 0.133 e. The van der Waals surface area contributed by atoms with Crippen LogP contribution in [0.5, 0.6) is 0 Å². The van der Waals surface area contributed by atoms with Gasteiger partial charge in [-0.2, -0.15) is 0 Å². The van der Waals surface area contributed by atoms with E-state index in [2.05, 4.69) is 39.5 Å². The number of aromatic nitrogens is 3. The fourth-order valence-corrected chi connectivity index (χ4v) is 2.22. The fourth-order valence-electron chi connectivity index (χ4n) is 1.61. The summed E-state index contributed by atoms with van der Waals surface area (Å²) in [5.74, 6) is 2.09. The zero-order chi connectivity index (χ0) is 13.1. The first-order valence-electron chi connectivity index (χ1n) is 6.05. The van der Waals surface area contributed by atoms with E-state index in [1.54, 1.807) is 11.3 Å². The zero-order valence-electron chi connectivity index (χ0n) is 11.2. The summed E-state index contributed by atoms with van der Waals surface area (Å²) in [7, 11) is 0. The molecular weight excluding hydrogens is 244 g/mol. The van der Waals surface area contributed by atoms with Gasteiger partial charge in [0.05, 0.1) is 17.2 Å². The second-order valence-corrected chi connectivity index (χ2v) is 5.68. The molecule has 2 rings (SSSR count). The SMILES string of the molecule is Cc1cc(NCc2csc(C)n2)nc(C(C)C)n1. The molecule has 18 heavy (non-hydrogen) atoms. The molecule has 0 aliphatic carbocycles. The number of hydrogen-bond donors (Lipinski definition) is 1. The molecule has 2 aromatic heterocycles. The molecule has 5 heteroatoms. The van der Waals surface area contributed by atoms with Crippen molar-refractivity contribution < 1.29 is 0 Å². The van der Waals surface area contributed by atoms with Gasteiger partial charge in [0.25, 0.3) is 0 Å². The van der Waals surface area contributed by atoms with Crippen molar-refractivity contribution in [2.75, 3.05) is 5.32 Å². The van der Waals surface area contributed by atoms with E-state index in [1.807, 2.05) is 19.9 Å². The lowest BCUT2D eigenvalue weighted by Crippen LogP contribution is -2.06. The monoisotopic (exact) mass is 262 g/mol. The Bertz CT molecular complexity index is 534. The van der Waals surface area contributed by atoms with E-state index in [-0.39, 0.29) is 0 Å². The molecular formula is C13H18N4S. The highest BCUT2D eigenvalue weighted by Gasteiger charge is 2.06. The van der Waals surface area contributed by atoms with Gasteiger partial charge in [0.2, 0.25) is 0 Å². The summed E-state index contributed by atoms with van der Waals surface area (Å²) in [6, 6.07) is 1.96. The fraction of sp³-hybridized carbons (Fsp3) is 0.462. The van der Waals surface area contributed by atoms with Crippen LogP contribution in [0.2, 0.25) is 0 Å². The molecule has 0 atom stereocenters. The highest BCUT2D eigenvalue weighted by Crippen LogP contribution is 2.15. The van der Waals surface area contributed by atoms with Gasteiger partial charge in [-0.05, 0) is 13.8 Å². The Balaban J connectivity index is 2.09. The van der Waals surface area contributed by atoms with Crippen molar-refractivity contribution in [2.24, 2.45) is 0 Å². The minimum Gasteiger partial charge on any atom is -0.364 e. The van der Waals surface area contributed by atoms with Crippen molar-refractivity contribution in [1.29, 1.82) is 0 Å². The molecule has 0 saturated carbocycles. The third-order valence-electron chi connectivity index (χ3n) is 2.51. The number of thiazole rings is 1. The highest BCUT2D eigenvalue weighted by atomic mass is 32.1. The van der Waals surface area contributed by atoms with Crippen molar-refractivity contribution in [2.45, 2.75) is 40.2 Å². The van der Waals surface area contributed by atoms with Crippen LogP contribution in [0.3, 0.4) is 0 Å². The van der Waals surface area contributed by atoms with Gasteiger partial charge in [-0.15, -0.1) is 11.3 Å². The van der Waals surface area contributed by atoms with Crippen LogP contribution in [0.1, 0.15) is 42.0 Å². The van der Waals surface area contributed by atoms with E-state index >= 15 is 0 Å². The molecule has 0 aliphatic heterocycles. The summed E-state index contributed by atoms with van der Waals surface area (Å²) in [4.78, 5) is 13.4. The topological polar surface area (TPSA) is 50.7 Å². The summed E-state index contributed by atoms with van der Waals surface area (Å²) >= 11 is 1.67. The molecule has 0 unspecified atom stereocenters. The Hall–Kier alpha value is -1.49. The van der Waals surface area contributed by atoms with Crippen molar-refractivity contribution in [3.05, 3.63) is 33.7 Å². The maximum absolute atomic E-state index is 4.51. The van der Waals surface area contributed by atoms with E-state index in [0.717, 1.165) is 28.0 Å². The average molecular weight is 262 g/mol. The van der Waals surface area contributed by atoms with Crippen molar-refractivity contribution >= 4 is 17.2 Å². The van der Waals surface area contributed by atoms with Crippen molar-refractivity contribution in [1.82, 2.24) is 15.0 Å². The van der Waals surface area contributed by atoms with Gasteiger partial charge < -0.3 is 5.32 Å². The van der Waals surface area contributed by atoms with Crippen LogP contribution in [0.25, 0.3) is 0 Å². The minimum absolute atomic E-state index is 0.340. The van der Waals surface area contributed by atoms with Crippen LogP contribution in [0.15, 0.2) is 11.4 Å². The van der Waals surface area contributed by atoms with Crippen LogP contribution in [0, 0.1) is 13.8 Å². The first kappa shape index (κ1) is 13.0. The van der Waals surface area contributed by atoms with Gasteiger partial charge in [0.15, 0.2) is 0 Å². The highest BCUT2D eigenvalue weighted by molar-refractivity contribution is 7.09. The van der Waals surface area contributed by atoms with Crippen LogP contribution in [-0.2, 0) is 6.54 Å². The maximum Gasteiger partial charge on any atom is 0.133 e. The zero-order valence-corrected chi connectivity index (χ0v) is 12.0. The van der Waals surface area contributed by atoms with Gasteiger partial charge in [-0.3, -0.25) is 0 Å². The largest absolute Gasteiger partial charge is 0.364 e. The van der Waals surface area contributed by atoms with Gasteiger partial charge in [0.1, 0.15) is 11.6 Å². The Morgan fingerprint density at radius 1 is 1.22 bits per heavy atom. The summed E-state index contributed by atoms with van der Waals surface area (Å²) < 4.78 is 0.